The van der Waals surface area contributed by atoms with Crippen molar-refractivity contribution in [2.75, 3.05) is 0 Å². The van der Waals surface area contributed by atoms with Gasteiger partial charge in [-0.05, 0) is 24.3 Å². The molecule has 24 heavy (non-hydrogen) atoms. The number of para-hydroxylation sites is 2. The number of aromatic amines is 1. The Morgan fingerprint density at radius 1 is 1.17 bits per heavy atom. The van der Waals surface area contributed by atoms with Gasteiger partial charge in [0.15, 0.2) is 11.2 Å². The van der Waals surface area contributed by atoms with Gasteiger partial charge in [0.1, 0.15) is 17.0 Å². The average molecular weight is 323 g/mol. The Bertz CT molecular complexity index is 1130. The molecule has 0 aliphatic rings. The molecule has 2 aromatic carbocycles. The molecule has 5 nitrogen and oxygen atoms in total. The van der Waals surface area contributed by atoms with Crippen LogP contribution in [0.2, 0.25) is 0 Å². The molecule has 0 aliphatic carbocycles. The van der Waals surface area contributed by atoms with Crippen molar-refractivity contribution in [1.82, 2.24) is 14.9 Å². The zero-order valence-electron chi connectivity index (χ0n) is 13.3. The number of H-pyrrole nitrogens is 1. The van der Waals surface area contributed by atoms with E-state index in [9.17, 15) is 9.18 Å². The third-order valence-corrected chi connectivity index (χ3v) is 4.05. The van der Waals surface area contributed by atoms with Crippen molar-refractivity contribution in [1.29, 1.82) is 0 Å². The smallest absolute Gasteiger partial charge is 0.244 e. The molecule has 0 bridgehead atoms. The predicted octanol–water partition coefficient (Wildman–Crippen LogP) is 2.72. The first-order valence-corrected chi connectivity index (χ1v) is 7.77. The van der Waals surface area contributed by atoms with Crippen molar-refractivity contribution < 1.29 is 8.91 Å². The van der Waals surface area contributed by atoms with Gasteiger partial charge < -0.3 is 0 Å². The maximum Gasteiger partial charge on any atom is 0.408 e. The van der Waals surface area contributed by atoms with Gasteiger partial charge in [-0.25, -0.2) is 14.2 Å². The lowest BCUT2D eigenvalue weighted by molar-refractivity contribution is -0.556. The molecule has 1 N–H and O–H groups in total. The van der Waals surface area contributed by atoms with E-state index in [-0.39, 0.29) is 11.5 Å². The van der Waals surface area contributed by atoms with Crippen molar-refractivity contribution in [3.05, 3.63) is 70.4 Å². The molecule has 0 unspecified atom stereocenters. The summed E-state index contributed by atoms with van der Waals surface area (Å²) in [5, 5.41) is 3.06. The second-order valence-corrected chi connectivity index (χ2v) is 6.04. The van der Waals surface area contributed by atoms with Crippen molar-refractivity contribution >= 4 is 16.6 Å². The minimum absolute atomic E-state index is 0.0778. The molecule has 0 atom stereocenters. The summed E-state index contributed by atoms with van der Waals surface area (Å²) in [4.78, 5) is 17.6. The van der Waals surface area contributed by atoms with Gasteiger partial charge in [-0.1, -0.05) is 41.9 Å². The lowest BCUT2D eigenvalue weighted by Gasteiger charge is -2.04. The number of nitrogens with one attached hydrogen (secondary N) is 1. The van der Waals surface area contributed by atoms with Crippen LogP contribution in [0.3, 0.4) is 0 Å². The second kappa shape index (κ2) is 5.26. The fraction of sp³-hybridized carbons (Fsp3) is 0.167. The second-order valence-electron chi connectivity index (χ2n) is 6.04. The first-order chi connectivity index (χ1) is 11.6. The van der Waals surface area contributed by atoms with Gasteiger partial charge >= 0.3 is 5.56 Å². The first kappa shape index (κ1) is 14.6. The van der Waals surface area contributed by atoms with Gasteiger partial charge in [-0.3, -0.25) is 0 Å². The zero-order chi connectivity index (χ0) is 16.8. The number of nitrogens with zero attached hydrogens (tertiary/aromatic N) is 3. The first-order valence-electron chi connectivity index (χ1n) is 7.77. The highest BCUT2D eigenvalue weighted by atomic mass is 19.1. The highest BCUT2D eigenvalue weighted by molar-refractivity contribution is 5.73. The van der Waals surface area contributed by atoms with E-state index in [0.717, 1.165) is 11.0 Å². The van der Waals surface area contributed by atoms with Crippen molar-refractivity contribution in [2.45, 2.75) is 19.8 Å². The molecular weight excluding hydrogens is 307 g/mol. The quantitative estimate of drug-likeness (QED) is 0.577. The number of halogens is 1. The minimum atomic E-state index is -0.393. The summed E-state index contributed by atoms with van der Waals surface area (Å²) >= 11 is 0. The SMILES string of the molecule is CC(C)c1nc2ccccc2[n+]2[nH]n(-c3cccc(F)c3)c(=O)c12. The summed E-state index contributed by atoms with van der Waals surface area (Å²) in [6, 6.07) is 13.5. The van der Waals surface area contributed by atoms with Crippen LogP contribution in [0, 0.1) is 5.82 Å². The molecule has 0 amide bonds. The van der Waals surface area contributed by atoms with E-state index in [1.807, 2.05) is 38.1 Å². The third-order valence-electron chi connectivity index (χ3n) is 4.05. The summed E-state index contributed by atoms with van der Waals surface area (Å²) < 4.78 is 16.6. The van der Waals surface area contributed by atoms with E-state index in [1.54, 1.807) is 16.6 Å². The fourth-order valence-corrected chi connectivity index (χ4v) is 2.92. The molecule has 0 saturated carbocycles. The average Bonchev–Trinajstić information content (AvgIpc) is 2.92. The molecule has 2 heterocycles. The Hall–Kier alpha value is -3.02. The number of aromatic nitrogens is 4. The van der Waals surface area contributed by atoms with Crippen LogP contribution in [0.4, 0.5) is 4.39 Å². The third kappa shape index (κ3) is 2.11. The topological polar surface area (TPSA) is 54.8 Å². The van der Waals surface area contributed by atoms with Crippen LogP contribution < -0.4 is 10.1 Å². The van der Waals surface area contributed by atoms with E-state index in [2.05, 4.69) is 10.2 Å². The monoisotopic (exact) mass is 323 g/mol. The minimum Gasteiger partial charge on any atom is -0.244 e. The molecule has 120 valence electrons. The van der Waals surface area contributed by atoms with Crippen LogP contribution >= 0.6 is 0 Å². The standard InChI is InChI=1S/C18H15FN4O/c1-11(2)16-17-18(24)22(13-7-5-6-12(19)10-13)21-23(17)15-9-4-3-8-14(15)20-16/h3-11H,1-2H3/p+1. The lowest BCUT2D eigenvalue weighted by Crippen LogP contribution is -2.28. The molecule has 4 rings (SSSR count). The summed E-state index contributed by atoms with van der Waals surface area (Å²) in [7, 11) is 0. The highest BCUT2D eigenvalue weighted by Gasteiger charge is 2.25. The molecular formula is C18H16FN4O+. The van der Waals surface area contributed by atoms with E-state index >= 15 is 0 Å². The van der Waals surface area contributed by atoms with Crippen molar-refractivity contribution in [3.8, 4) is 5.69 Å². The summed E-state index contributed by atoms with van der Waals surface area (Å²) in [6.07, 6.45) is 0. The van der Waals surface area contributed by atoms with Crippen LogP contribution in [0.15, 0.2) is 53.3 Å². The zero-order valence-corrected chi connectivity index (χ0v) is 13.3. The van der Waals surface area contributed by atoms with E-state index in [0.29, 0.717) is 16.9 Å². The fourth-order valence-electron chi connectivity index (χ4n) is 2.92. The molecule has 0 radical (unpaired) electrons. The molecule has 2 aromatic heterocycles. The van der Waals surface area contributed by atoms with E-state index in [1.165, 1.54) is 16.8 Å². The Labute approximate surface area is 137 Å². The predicted molar refractivity (Wildman–Crippen MR) is 88.9 cm³/mol. The highest BCUT2D eigenvalue weighted by Crippen LogP contribution is 2.18. The van der Waals surface area contributed by atoms with Crippen LogP contribution in [0.1, 0.15) is 25.5 Å². The van der Waals surface area contributed by atoms with Gasteiger partial charge in [0, 0.05) is 12.0 Å². The van der Waals surface area contributed by atoms with E-state index < -0.39 is 5.82 Å². The normalized spacial score (nSPS) is 11.7. The number of fused-ring (bicyclic) bond motifs is 3. The van der Waals surface area contributed by atoms with Gasteiger partial charge in [0.25, 0.3) is 5.52 Å². The number of benzene rings is 2. The Morgan fingerprint density at radius 3 is 2.71 bits per heavy atom. The Balaban J connectivity index is 2.16. The number of rotatable bonds is 2. The Kier molecular flexibility index (Phi) is 3.19. The maximum absolute atomic E-state index is 13.6. The van der Waals surface area contributed by atoms with Gasteiger partial charge in [-0.15, -0.1) is 4.52 Å². The summed E-state index contributed by atoms with van der Waals surface area (Å²) in [5.41, 5.74) is 2.98. The number of hydrogen-bond donors (Lipinski definition) is 1. The van der Waals surface area contributed by atoms with Crippen molar-refractivity contribution in [3.63, 3.8) is 0 Å². The lowest BCUT2D eigenvalue weighted by atomic mass is 10.1. The molecule has 0 spiro atoms. The van der Waals surface area contributed by atoms with Crippen LogP contribution in [-0.4, -0.2) is 14.9 Å². The summed E-state index contributed by atoms with van der Waals surface area (Å²) in [5.74, 6) is -0.316. The van der Waals surface area contributed by atoms with Crippen molar-refractivity contribution in [2.24, 2.45) is 0 Å². The van der Waals surface area contributed by atoms with Crippen LogP contribution in [0.5, 0.6) is 0 Å². The van der Waals surface area contributed by atoms with Gasteiger partial charge in [-0.2, -0.15) is 0 Å². The van der Waals surface area contributed by atoms with E-state index in [4.69, 9.17) is 0 Å². The Morgan fingerprint density at radius 2 is 1.96 bits per heavy atom. The molecule has 0 aliphatic heterocycles. The molecule has 6 heteroatoms. The molecule has 4 aromatic rings. The van der Waals surface area contributed by atoms with Crippen LogP contribution in [-0.2, 0) is 0 Å². The largest absolute Gasteiger partial charge is 0.408 e. The van der Waals surface area contributed by atoms with Gasteiger partial charge in [0.05, 0.1) is 0 Å². The summed E-state index contributed by atoms with van der Waals surface area (Å²) in [6.45, 7) is 3.99. The van der Waals surface area contributed by atoms with Crippen LogP contribution in [0.25, 0.3) is 22.2 Å². The molecule has 0 fully saturated rings. The maximum atomic E-state index is 13.6. The molecule has 0 saturated heterocycles. The number of hydrogen-bond acceptors (Lipinski definition) is 2. The van der Waals surface area contributed by atoms with Gasteiger partial charge in [0.2, 0.25) is 0 Å².